The predicted molar refractivity (Wildman–Crippen MR) is 114 cm³/mol. The number of thiophene rings is 1. The van der Waals surface area contributed by atoms with Crippen LogP contribution in [0.1, 0.15) is 25.2 Å². The quantitative estimate of drug-likeness (QED) is 0.490. The molecule has 0 saturated carbocycles. The number of tetrazole rings is 1. The van der Waals surface area contributed by atoms with Crippen LogP contribution in [0.25, 0.3) is 21.6 Å². The van der Waals surface area contributed by atoms with E-state index in [2.05, 4.69) is 25.4 Å². The first-order chi connectivity index (χ1) is 14.5. The molecule has 0 radical (unpaired) electrons. The first kappa shape index (κ1) is 20.2. The number of carbonyl (C=O) groups is 1. The van der Waals surface area contributed by atoms with E-state index in [-0.39, 0.29) is 18.0 Å². The number of amides is 1. The summed E-state index contributed by atoms with van der Waals surface area (Å²) >= 11 is 7.25. The molecule has 0 spiro atoms. The van der Waals surface area contributed by atoms with Gasteiger partial charge in [0, 0.05) is 17.6 Å². The molecule has 3 aromatic heterocycles. The van der Waals surface area contributed by atoms with Crippen molar-refractivity contribution in [2.24, 2.45) is 0 Å². The molecule has 9 nitrogen and oxygen atoms in total. The van der Waals surface area contributed by atoms with Crippen LogP contribution in [0.15, 0.2) is 40.5 Å². The molecule has 0 bridgehead atoms. The first-order valence-corrected chi connectivity index (χ1v) is 10.5. The number of hydrogen-bond acceptors (Lipinski definition) is 7. The lowest BCUT2D eigenvalue weighted by Crippen LogP contribution is -2.35. The van der Waals surface area contributed by atoms with E-state index in [1.54, 1.807) is 37.4 Å². The van der Waals surface area contributed by atoms with Crippen molar-refractivity contribution in [2.45, 2.75) is 25.9 Å². The summed E-state index contributed by atoms with van der Waals surface area (Å²) in [5.41, 5.74) is 1.17. The van der Waals surface area contributed by atoms with E-state index in [0.29, 0.717) is 33.3 Å². The van der Waals surface area contributed by atoms with Crippen LogP contribution in [0.5, 0.6) is 0 Å². The molecule has 30 heavy (non-hydrogen) atoms. The molecule has 154 valence electrons. The lowest BCUT2D eigenvalue weighted by molar-refractivity contribution is -0.134. The van der Waals surface area contributed by atoms with Crippen molar-refractivity contribution in [3.05, 3.63) is 56.9 Å². The number of nitrogens with zero attached hydrogens (tertiary/aromatic N) is 6. The lowest BCUT2D eigenvalue weighted by atomic mass is 10.2. The van der Waals surface area contributed by atoms with E-state index in [9.17, 15) is 9.59 Å². The molecular weight excluding hydrogens is 426 g/mol. The number of rotatable bonds is 6. The maximum atomic E-state index is 13.0. The van der Waals surface area contributed by atoms with Crippen LogP contribution >= 0.6 is 22.9 Å². The third kappa shape index (κ3) is 3.96. The van der Waals surface area contributed by atoms with Crippen molar-refractivity contribution in [3.63, 3.8) is 0 Å². The fraction of sp³-hybridized carbons (Fsp3) is 0.263. The zero-order valence-corrected chi connectivity index (χ0v) is 17.8. The molecule has 1 unspecified atom stereocenters. The second-order valence-corrected chi connectivity index (χ2v) is 8.06. The second kappa shape index (κ2) is 8.33. The Morgan fingerprint density at radius 3 is 2.80 bits per heavy atom. The average molecular weight is 444 g/mol. The van der Waals surface area contributed by atoms with Crippen molar-refractivity contribution < 1.29 is 4.79 Å². The number of aromatic nitrogens is 6. The molecule has 0 fully saturated rings. The molecule has 1 N–H and O–H groups in total. The van der Waals surface area contributed by atoms with Crippen molar-refractivity contribution >= 4 is 39.1 Å². The highest BCUT2D eigenvalue weighted by Gasteiger charge is 2.26. The monoisotopic (exact) mass is 443 g/mol. The van der Waals surface area contributed by atoms with Crippen LogP contribution in [-0.4, -0.2) is 48.0 Å². The minimum absolute atomic E-state index is 0.162. The normalized spacial score (nSPS) is 12.2. The molecular formula is C19H18ClN7O2S. The van der Waals surface area contributed by atoms with Gasteiger partial charge in [-0.2, -0.15) is 4.80 Å². The van der Waals surface area contributed by atoms with Gasteiger partial charge < -0.3 is 9.88 Å². The van der Waals surface area contributed by atoms with Crippen molar-refractivity contribution in [1.82, 2.24) is 35.1 Å². The Kier molecular flexibility index (Phi) is 5.60. The molecule has 4 rings (SSSR count). The van der Waals surface area contributed by atoms with Gasteiger partial charge >= 0.3 is 0 Å². The summed E-state index contributed by atoms with van der Waals surface area (Å²) in [6.07, 6.45) is 0.479. The highest BCUT2D eigenvalue weighted by molar-refractivity contribution is 7.17. The van der Waals surface area contributed by atoms with Crippen molar-refractivity contribution in [1.29, 1.82) is 0 Å². The van der Waals surface area contributed by atoms with Gasteiger partial charge in [-0.3, -0.25) is 9.59 Å². The number of benzene rings is 1. The third-order valence-electron chi connectivity index (χ3n) is 4.61. The number of carbonyl (C=O) groups excluding carboxylic acids is 1. The average Bonchev–Trinajstić information content (AvgIpc) is 3.39. The molecule has 0 aliphatic carbocycles. The summed E-state index contributed by atoms with van der Waals surface area (Å²) in [5.74, 6) is 0.630. The summed E-state index contributed by atoms with van der Waals surface area (Å²) in [4.78, 5) is 35.2. The number of nitrogens with one attached hydrogen (secondary N) is 1. The Bertz CT molecular complexity index is 1250. The summed E-state index contributed by atoms with van der Waals surface area (Å²) in [6.45, 7) is 2.04. The van der Waals surface area contributed by atoms with Crippen LogP contribution in [0.2, 0.25) is 5.02 Å². The molecule has 4 aromatic rings. The number of likely N-dealkylation sites (N-methyl/N-ethyl adjacent to an activating group) is 1. The van der Waals surface area contributed by atoms with Crippen molar-refractivity contribution in [3.8, 4) is 11.4 Å². The van der Waals surface area contributed by atoms with Gasteiger partial charge in [0.2, 0.25) is 11.7 Å². The summed E-state index contributed by atoms with van der Waals surface area (Å²) < 4.78 is 0.570. The topological polar surface area (TPSA) is 110 Å². The van der Waals surface area contributed by atoms with E-state index in [4.69, 9.17) is 11.6 Å². The zero-order valence-electron chi connectivity index (χ0n) is 16.2. The summed E-state index contributed by atoms with van der Waals surface area (Å²) in [6, 6.07) is 8.23. The van der Waals surface area contributed by atoms with Crippen molar-refractivity contribution in [2.75, 3.05) is 7.05 Å². The molecule has 3 heterocycles. The van der Waals surface area contributed by atoms with Gasteiger partial charge in [0.05, 0.1) is 12.1 Å². The van der Waals surface area contributed by atoms with E-state index in [1.807, 2.05) is 12.3 Å². The Hall–Kier alpha value is -3.11. The summed E-state index contributed by atoms with van der Waals surface area (Å²) in [5, 5.41) is 14.9. The van der Waals surface area contributed by atoms with E-state index >= 15 is 0 Å². The van der Waals surface area contributed by atoms with Gasteiger partial charge in [-0.25, -0.2) is 4.98 Å². The van der Waals surface area contributed by atoms with Gasteiger partial charge in [0.25, 0.3) is 5.56 Å². The predicted octanol–water partition coefficient (Wildman–Crippen LogP) is 2.90. The minimum Gasteiger partial charge on any atom is -0.336 e. The SMILES string of the molecule is CCC(C(=O)N(C)Cc1nc2ccsc2c(=O)[nH]1)n1nnc(-c2ccc(Cl)cc2)n1. The maximum absolute atomic E-state index is 13.0. The number of halogens is 1. The van der Waals surface area contributed by atoms with Crippen LogP contribution in [0.4, 0.5) is 0 Å². The van der Waals surface area contributed by atoms with E-state index in [0.717, 1.165) is 5.56 Å². The molecule has 11 heteroatoms. The van der Waals surface area contributed by atoms with Gasteiger partial charge in [0.15, 0.2) is 6.04 Å². The fourth-order valence-electron chi connectivity index (χ4n) is 3.06. The third-order valence-corrected chi connectivity index (χ3v) is 5.76. The number of H-pyrrole nitrogens is 1. The Labute approximate surface area is 180 Å². The maximum Gasteiger partial charge on any atom is 0.268 e. The largest absolute Gasteiger partial charge is 0.336 e. The van der Waals surface area contributed by atoms with Crippen LogP contribution < -0.4 is 5.56 Å². The second-order valence-electron chi connectivity index (χ2n) is 6.71. The molecule has 0 saturated heterocycles. The minimum atomic E-state index is -0.625. The Morgan fingerprint density at radius 2 is 2.07 bits per heavy atom. The molecule has 1 aromatic carbocycles. The van der Waals surface area contributed by atoms with Crippen LogP contribution in [0, 0.1) is 0 Å². The Morgan fingerprint density at radius 1 is 1.30 bits per heavy atom. The number of aromatic amines is 1. The highest BCUT2D eigenvalue weighted by Crippen LogP contribution is 2.20. The highest BCUT2D eigenvalue weighted by atomic mass is 35.5. The standard InChI is InChI=1S/C19H18ClN7O2S/c1-3-14(27-24-17(23-25-27)11-4-6-12(20)7-5-11)19(29)26(2)10-15-21-13-8-9-30-16(13)18(28)22-15/h4-9,14H,3,10H2,1-2H3,(H,21,22,28). The number of fused-ring (bicyclic) bond motifs is 1. The molecule has 1 amide bonds. The lowest BCUT2D eigenvalue weighted by Gasteiger charge is -2.21. The summed E-state index contributed by atoms with van der Waals surface area (Å²) in [7, 11) is 1.65. The molecule has 0 aliphatic heterocycles. The molecule has 0 aliphatic rings. The smallest absolute Gasteiger partial charge is 0.268 e. The fourth-order valence-corrected chi connectivity index (χ4v) is 3.91. The molecule has 1 atom stereocenters. The number of hydrogen-bond donors (Lipinski definition) is 1. The van der Waals surface area contributed by atoms with Gasteiger partial charge in [0.1, 0.15) is 10.5 Å². The van der Waals surface area contributed by atoms with Crippen LogP contribution in [-0.2, 0) is 11.3 Å². The van der Waals surface area contributed by atoms with Gasteiger partial charge in [-0.1, -0.05) is 18.5 Å². The van der Waals surface area contributed by atoms with Crippen LogP contribution in [0.3, 0.4) is 0 Å². The van der Waals surface area contributed by atoms with E-state index in [1.165, 1.54) is 21.0 Å². The first-order valence-electron chi connectivity index (χ1n) is 9.23. The van der Waals surface area contributed by atoms with Gasteiger partial charge in [-0.15, -0.1) is 21.5 Å². The van der Waals surface area contributed by atoms with Gasteiger partial charge in [-0.05, 0) is 47.3 Å². The zero-order chi connectivity index (χ0) is 21.3. The van der Waals surface area contributed by atoms with E-state index < -0.39 is 6.04 Å². The Balaban J connectivity index is 1.53.